The molecule has 0 N–H and O–H groups in total. The maximum absolute atomic E-state index is 14.9. The summed E-state index contributed by atoms with van der Waals surface area (Å²) >= 11 is 0. The number of rotatable bonds is 4. The Balaban J connectivity index is 1.36. The predicted molar refractivity (Wildman–Crippen MR) is 134 cm³/mol. The van der Waals surface area contributed by atoms with Crippen LogP contribution in [0.5, 0.6) is 0 Å². The fourth-order valence-corrected chi connectivity index (χ4v) is 5.61. The molecule has 2 aliphatic rings. The van der Waals surface area contributed by atoms with Crippen LogP contribution in [0.3, 0.4) is 0 Å². The molecular formula is C28H31F2N5O. The summed E-state index contributed by atoms with van der Waals surface area (Å²) in [5, 5.41) is 8.16. The standard InChI is InChI=1S/C28H31F2N5O/c1-33-15-16-34(14-6-9-26(33)20-7-3-2-4-8-20)28(36)24-19-35(27-10-5-13-31-32-27)18-23(24)22-12-11-21(29)17-25(22)30/h2-5,7-8,10-13,17,23-24,26H,6,9,14-16,18-19H2,1H3/t23-,24?,26?/m0/s1. The zero-order valence-corrected chi connectivity index (χ0v) is 20.4. The van der Waals surface area contributed by atoms with Gasteiger partial charge < -0.3 is 9.80 Å². The summed E-state index contributed by atoms with van der Waals surface area (Å²) in [4.78, 5) is 20.1. The van der Waals surface area contributed by atoms with Crippen molar-refractivity contribution in [1.82, 2.24) is 20.0 Å². The second kappa shape index (κ2) is 10.7. The highest BCUT2D eigenvalue weighted by molar-refractivity contribution is 5.81. The Morgan fingerprint density at radius 2 is 1.81 bits per heavy atom. The highest BCUT2D eigenvalue weighted by Gasteiger charge is 2.42. The molecule has 3 aromatic rings. The van der Waals surface area contributed by atoms with Crippen molar-refractivity contribution in [3.63, 3.8) is 0 Å². The van der Waals surface area contributed by atoms with Gasteiger partial charge in [0.2, 0.25) is 5.91 Å². The molecule has 2 aromatic carbocycles. The Kier molecular flexibility index (Phi) is 7.23. The molecule has 3 heterocycles. The fourth-order valence-electron chi connectivity index (χ4n) is 5.61. The fraction of sp³-hybridized carbons (Fsp3) is 0.393. The molecule has 188 valence electrons. The Hall–Kier alpha value is -3.39. The van der Waals surface area contributed by atoms with Crippen molar-refractivity contribution in [3.05, 3.63) is 89.6 Å². The summed E-state index contributed by atoms with van der Waals surface area (Å²) < 4.78 is 28.5. The quantitative estimate of drug-likeness (QED) is 0.546. The highest BCUT2D eigenvalue weighted by atomic mass is 19.1. The number of likely N-dealkylation sites (N-methyl/N-ethyl adjacent to an activating group) is 1. The van der Waals surface area contributed by atoms with Gasteiger partial charge in [0.25, 0.3) is 0 Å². The first-order valence-electron chi connectivity index (χ1n) is 12.5. The van der Waals surface area contributed by atoms with Gasteiger partial charge in [-0.05, 0) is 49.2 Å². The molecule has 6 nitrogen and oxygen atoms in total. The maximum atomic E-state index is 14.9. The van der Waals surface area contributed by atoms with Crippen LogP contribution in [0.25, 0.3) is 0 Å². The summed E-state index contributed by atoms with van der Waals surface area (Å²) in [5.41, 5.74) is 1.66. The van der Waals surface area contributed by atoms with E-state index in [4.69, 9.17) is 0 Å². The third-order valence-electron chi connectivity index (χ3n) is 7.54. The van der Waals surface area contributed by atoms with Crippen LogP contribution >= 0.6 is 0 Å². The monoisotopic (exact) mass is 491 g/mol. The van der Waals surface area contributed by atoms with Crippen LogP contribution in [-0.4, -0.2) is 65.7 Å². The molecule has 2 aliphatic heterocycles. The second-order valence-electron chi connectivity index (χ2n) is 9.74. The van der Waals surface area contributed by atoms with Crippen LogP contribution < -0.4 is 4.90 Å². The Bertz CT molecular complexity index is 1180. The molecule has 2 saturated heterocycles. The maximum Gasteiger partial charge on any atom is 0.228 e. The molecule has 2 fully saturated rings. The number of aromatic nitrogens is 2. The number of carbonyl (C=O) groups excluding carboxylic acids is 1. The summed E-state index contributed by atoms with van der Waals surface area (Å²) in [6.45, 7) is 2.86. The van der Waals surface area contributed by atoms with Crippen LogP contribution in [0.15, 0.2) is 66.9 Å². The van der Waals surface area contributed by atoms with Gasteiger partial charge in [0, 0.05) is 56.9 Å². The Morgan fingerprint density at radius 1 is 0.972 bits per heavy atom. The van der Waals surface area contributed by atoms with E-state index in [0.717, 1.165) is 25.5 Å². The lowest BCUT2D eigenvalue weighted by molar-refractivity contribution is -0.136. The van der Waals surface area contributed by atoms with Gasteiger partial charge in [-0.2, -0.15) is 5.10 Å². The average molecular weight is 492 g/mol. The largest absolute Gasteiger partial charge is 0.354 e. The van der Waals surface area contributed by atoms with Gasteiger partial charge in [-0.1, -0.05) is 36.4 Å². The van der Waals surface area contributed by atoms with Crippen LogP contribution in [0, 0.1) is 17.6 Å². The van der Waals surface area contributed by atoms with Crippen molar-refractivity contribution in [3.8, 4) is 0 Å². The molecule has 0 spiro atoms. The summed E-state index contributed by atoms with van der Waals surface area (Å²) in [5.74, 6) is -1.43. The number of benzene rings is 2. The lowest BCUT2D eigenvalue weighted by Crippen LogP contribution is -2.45. The van der Waals surface area contributed by atoms with Crippen LogP contribution in [0.2, 0.25) is 0 Å². The van der Waals surface area contributed by atoms with E-state index in [9.17, 15) is 13.6 Å². The highest BCUT2D eigenvalue weighted by Crippen LogP contribution is 2.37. The zero-order valence-electron chi connectivity index (χ0n) is 20.4. The molecule has 36 heavy (non-hydrogen) atoms. The van der Waals surface area contributed by atoms with Gasteiger partial charge in [-0.25, -0.2) is 8.78 Å². The van der Waals surface area contributed by atoms with Gasteiger partial charge in [-0.15, -0.1) is 5.10 Å². The Labute approximate surface area is 210 Å². The topological polar surface area (TPSA) is 52.6 Å². The number of hydrogen-bond donors (Lipinski definition) is 0. The number of amides is 1. The zero-order chi connectivity index (χ0) is 25.1. The van der Waals surface area contributed by atoms with Gasteiger partial charge >= 0.3 is 0 Å². The number of hydrogen-bond acceptors (Lipinski definition) is 5. The van der Waals surface area contributed by atoms with Gasteiger partial charge in [0.15, 0.2) is 5.82 Å². The van der Waals surface area contributed by atoms with Gasteiger partial charge in [0.1, 0.15) is 11.6 Å². The number of anilines is 1. The minimum Gasteiger partial charge on any atom is -0.354 e. The molecular weight excluding hydrogens is 460 g/mol. The SMILES string of the molecule is CN1CCN(C(=O)C2CN(c3cccnn3)C[C@H]2c2ccc(F)cc2F)CCCC1c1ccccc1. The predicted octanol–water partition coefficient (Wildman–Crippen LogP) is 4.27. The van der Waals surface area contributed by atoms with E-state index < -0.39 is 23.5 Å². The molecule has 5 rings (SSSR count). The molecule has 0 radical (unpaired) electrons. The minimum absolute atomic E-state index is 0.0154. The summed E-state index contributed by atoms with van der Waals surface area (Å²) in [6, 6.07) is 18.1. The third-order valence-corrected chi connectivity index (χ3v) is 7.54. The molecule has 1 aromatic heterocycles. The van der Waals surface area contributed by atoms with Gasteiger partial charge in [0.05, 0.1) is 5.92 Å². The molecule has 0 bridgehead atoms. The Morgan fingerprint density at radius 3 is 2.56 bits per heavy atom. The first-order chi connectivity index (χ1) is 17.5. The third kappa shape index (κ3) is 5.09. The first-order valence-corrected chi connectivity index (χ1v) is 12.5. The van der Waals surface area contributed by atoms with Crippen molar-refractivity contribution in [2.75, 3.05) is 44.7 Å². The second-order valence-corrected chi connectivity index (χ2v) is 9.74. The van der Waals surface area contributed by atoms with Crippen LogP contribution in [0.4, 0.5) is 14.6 Å². The number of halogens is 2. The van der Waals surface area contributed by atoms with Crippen molar-refractivity contribution >= 4 is 11.7 Å². The first kappa shape index (κ1) is 24.3. The van der Waals surface area contributed by atoms with Crippen LogP contribution in [-0.2, 0) is 4.79 Å². The van der Waals surface area contributed by atoms with Crippen molar-refractivity contribution in [2.24, 2.45) is 5.92 Å². The molecule has 2 unspecified atom stereocenters. The van der Waals surface area contributed by atoms with E-state index in [1.54, 1.807) is 12.3 Å². The molecule has 0 aliphatic carbocycles. The number of carbonyl (C=O) groups is 1. The molecule has 3 atom stereocenters. The van der Waals surface area contributed by atoms with Crippen LogP contribution in [0.1, 0.15) is 35.9 Å². The summed E-state index contributed by atoms with van der Waals surface area (Å²) in [6.07, 6.45) is 3.43. The molecule has 0 saturated carbocycles. The van der Waals surface area contributed by atoms with Crippen molar-refractivity contribution in [2.45, 2.75) is 24.8 Å². The van der Waals surface area contributed by atoms with Gasteiger partial charge in [-0.3, -0.25) is 9.69 Å². The van der Waals surface area contributed by atoms with E-state index in [0.29, 0.717) is 43.6 Å². The average Bonchev–Trinajstić information content (AvgIpc) is 3.32. The lowest BCUT2D eigenvalue weighted by Gasteiger charge is -2.36. The number of nitrogens with zero attached hydrogens (tertiary/aromatic N) is 5. The molecule has 1 amide bonds. The van der Waals surface area contributed by atoms with Crippen molar-refractivity contribution in [1.29, 1.82) is 0 Å². The molecule has 8 heteroatoms. The smallest absolute Gasteiger partial charge is 0.228 e. The van der Waals surface area contributed by atoms with E-state index >= 15 is 0 Å². The van der Waals surface area contributed by atoms with E-state index in [2.05, 4.69) is 46.4 Å². The minimum atomic E-state index is -0.623. The van der Waals surface area contributed by atoms with E-state index in [-0.39, 0.29) is 5.91 Å². The van der Waals surface area contributed by atoms with E-state index in [1.165, 1.54) is 17.7 Å². The normalized spacial score (nSPS) is 23.4. The van der Waals surface area contributed by atoms with Crippen molar-refractivity contribution < 1.29 is 13.6 Å². The van der Waals surface area contributed by atoms with E-state index in [1.807, 2.05) is 21.9 Å². The summed E-state index contributed by atoms with van der Waals surface area (Å²) in [7, 11) is 2.10. The lowest BCUT2D eigenvalue weighted by atomic mass is 9.87.